The van der Waals surface area contributed by atoms with Crippen molar-refractivity contribution in [3.63, 3.8) is 0 Å². The predicted molar refractivity (Wildman–Crippen MR) is 366 cm³/mol. The zero-order chi connectivity index (χ0) is 71.5. The maximum Gasteiger partial charge on any atom is 0.335 e. The summed E-state index contributed by atoms with van der Waals surface area (Å²) in [5, 5.41) is 23.0. The van der Waals surface area contributed by atoms with Gasteiger partial charge in [-0.2, -0.15) is 0 Å². The van der Waals surface area contributed by atoms with Crippen LogP contribution in [0.5, 0.6) is 0 Å². The van der Waals surface area contributed by atoms with E-state index in [9.17, 15) is 57.8 Å². The number of hydrogen-bond acceptors (Lipinski definition) is 15. The number of ketones is 5. The average Bonchev–Trinajstić information content (AvgIpc) is 1.66. The fraction of sp³-hybridized carbons (Fsp3) is 0.343. The molecule has 1 aromatic carbocycles. The predicted octanol–water partition coefficient (Wildman–Crippen LogP) is 5.98. The molecule has 0 aliphatic heterocycles. The number of carbonyl (C=O) groups is 11. The highest BCUT2D eigenvalue weighted by Gasteiger charge is 2.26. The Morgan fingerprint density at radius 1 is 0.475 bits per heavy atom. The summed E-state index contributed by atoms with van der Waals surface area (Å²) < 4.78 is 12.7. The molecule has 99 heavy (non-hydrogen) atoms. The van der Waals surface area contributed by atoms with Crippen molar-refractivity contribution in [1.82, 2.24) is 67.0 Å². The van der Waals surface area contributed by atoms with Gasteiger partial charge in [-0.1, -0.05) is 13.0 Å². The number of rotatable bonds is 34. The Morgan fingerprint density at radius 3 is 1.60 bits per heavy atom. The summed E-state index contributed by atoms with van der Waals surface area (Å²) in [7, 11) is 15.4. The molecule has 9 aromatic rings. The Hall–Kier alpha value is -11.6. The number of aromatic nitrogens is 11. The Bertz CT molecular complexity index is 4590. The highest BCUT2D eigenvalue weighted by Crippen LogP contribution is 2.23. The van der Waals surface area contributed by atoms with E-state index in [2.05, 4.69) is 46.4 Å². The van der Waals surface area contributed by atoms with Crippen molar-refractivity contribution in [2.24, 2.45) is 62.3 Å². The van der Waals surface area contributed by atoms with E-state index in [1.807, 2.05) is 7.05 Å². The number of benzene rings is 1. The van der Waals surface area contributed by atoms with Crippen LogP contribution >= 0.6 is 0 Å². The number of nitrogens with zero attached hydrogens (tertiary/aromatic N) is 12. The van der Waals surface area contributed by atoms with Gasteiger partial charge in [0.15, 0.2) is 34.8 Å². The van der Waals surface area contributed by atoms with Crippen molar-refractivity contribution in [2.45, 2.75) is 64.7 Å². The molecule has 29 nitrogen and oxygen atoms in total. The minimum absolute atomic E-state index is 0.00203. The van der Waals surface area contributed by atoms with Gasteiger partial charge in [0, 0.05) is 162 Å². The number of anilines is 3. The number of carboxylic acids is 1. The number of aryl methyl sites for hydroxylation is 8. The van der Waals surface area contributed by atoms with Crippen molar-refractivity contribution < 1.29 is 57.8 Å². The number of imidazole rings is 3. The molecular weight excluding hydrogens is 1270 g/mol. The van der Waals surface area contributed by atoms with E-state index in [0.717, 1.165) is 19.5 Å². The summed E-state index contributed by atoms with van der Waals surface area (Å²) in [5.74, 6) is -4.40. The normalized spacial score (nSPS) is 11.6. The Labute approximate surface area is 570 Å². The molecule has 0 bridgehead atoms. The van der Waals surface area contributed by atoms with E-state index >= 15 is 0 Å². The first-order valence-corrected chi connectivity index (χ1v) is 32.1. The van der Waals surface area contributed by atoms with E-state index in [-0.39, 0.29) is 113 Å². The zero-order valence-electron chi connectivity index (χ0n) is 57.0. The third kappa shape index (κ3) is 18.1. The first kappa shape index (κ1) is 71.7. The summed E-state index contributed by atoms with van der Waals surface area (Å²) >= 11 is 0. The fourth-order valence-corrected chi connectivity index (χ4v) is 11.7. The molecule has 8 heterocycles. The number of nitrogens with one attached hydrogen (secondary N) is 5. The zero-order valence-corrected chi connectivity index (χ0v) is 57.0. The van der Waals surface area contributed by atoms with Crippen molar-refractivity contribution in [1.29, 1.82) is 0 Å². The van der Waals surface area contributed by atoms with Crippen LogP contribution in [0.1, 0.15) is 166 Å². The maximum atomic E-state index is 13.8. The van der Waals surface area contributed by atoms with E-state index < -0.39 is 35.5 Å². The smallest absolute Gasteiger partial charge is 0.335 e. The topological polar surface area (TPSA) is 350 Å². The number of hydrogen-bond donors (Lipinski definition) is 6. The Kier molecular flexibility index (Phi) is 22.8. The lowest BCUT2D eigenvalue weighted by Crippen LogP contribution is -2.28. The van der Waals surface area contributed by atoms with Crippen LogP contribution in [0.3, 0.4) is 0 Å². The van der Waals surface area contributed by atoms with Gasteiger partial charge in [-0.3, -0.25) is 47.9 Å². The molecule has 6 N–H and O–H groups in total. The van der Waals surface area contributed by atoms with Gasteiger partial charge in [-0.15, -0.1) is 0 Å². The minimum atomic E-state index is -1.10. The standard InChI is InChI=1S/C70H81N17O12/c1-42(18-20-73-66(94)54-32-48(38-84(54)7)75-67(95)55-33-49(39-85(55)8)76-69(97)64-77-61(41-87(64)10)78-68(96)63-71-21-24-80(63)3)57(89)34-50-40-86(9)62(74-50)60(92)30-45-27-53(83(6)37-45)59(91)29-44-26-52(82(5)36-44)58(90)28-43-25-51(81(4)35-43)56(88)17-11-12-22-79(2)23-14-19-72-65(93)46-15-13-16-47(31-46)70(98)99/h13,15-16,21,24-27,31-33,35-42H,11-12,14,17-20,22-23,28-30,34H2,1-10H3,(H,72,93)(H,73,94)(H,75,95)(H,76,97)(H,78,96)(H,98,99)/t42-/m1/s1. The maximum absolute atomic E-state index is 13.8. The lowest BCUT2D eigenvalue weighted by molar-refractivity contribution is -0.121. The summed E-state index contributed by atoms with van der Waals surface area (Å²) in [5.41, 5.74) is 5.01. The quantitative estimate of drug-likeness (QED) is 0.0199. The number of Topliss-reactive ketones (excluding diaryl/α,β-unsaturated/α-hetero) is 5. The average molecular weight is 1350 g/mol. The number of carbonyl (C=O) groups excluding carboxylic acids is 10. The molecule has 0 aliphatic carbocycles. The lowest BCUT2D eigenvalue weighted by Gasteiger charge is -2.16. The second-order valence-corrected chi connectivity index (χ2v) is 25.0. The number of aromatic carboxylic acids is 1. The van der Waals surface area contributed by atoms with Crippen LogP contribution < -0.4 is 26.6 Å². The molecule has 9 rings (SSSR count). The summed E-state index contributed by atoms with van der Waals surface area (Å²) in [6, 6.07) is 14.0. The van der Waals surface area contributed by atoms with E-state index in [1.165, 1.54) is 51.9 Å². The van der Waals surface area contributed by atoms with Crippen molar-refractivity contribution in [3.8, 4) is 0 Å². The van der Waals surface area contributed by atoms with Crippen LogP contribution in [0.25, 0.3) is 0 Å². The van der Waals surface area contributed by atoms with Crippen molar-refractivity contribution in [2.75, 3.05) is 49.2 Å². The third-order valence-corrected chi connectivity index (χ3v) is 17.0. The molecule has 0 saturated heterocycles. The summed E-state index contributed by atoms with van der Waals surface area (Å²) in [6.45, 7) is 3.81. The van der Waals surface area contributed by atoms with Gasteiger partial charge in [0.1, 0.15) is 17.2 Å². The second-order valence-electron chi connectivity index (χ2n) is 25.0. The molecule has 518 valence electrons. The molecule has 0 aliphatic rings. The molecule has 0 radical (unpaired) electrons. The monoisotopic (exact) mass is 1350 g/mol. The molecule has 0 unspecified atom stereocenters. The number of carboxylic acid groups (broad SMARTS) is 1. The van der Waals surface area contributed by atoms with E-state index in [4.69, 9.17) is 0 Å². The SMILES string of the molecule is C[C@H](CCNC(=O)c1cc(NC(=O)c2cc(NC(=O)c3nc(NC(=O)c4nccn4C)cn3C)cn2C)cn1C)C(=O)Cc1cn(C)c(C(=O)Cc2cc(C(=O)Cc3cc(C(=O)Cc4cc(C(=O)CCCCN(C)CCCNC(=O)c5cccc(C(=O)O)c5)n(C)c4)n(C)c3)n(C)c2)n1. The van der Waals surface area contributed by atoms with E-state index in [0.29, 0.717) is 83.1 Å². The molecular formula is C70H81N17O12. The Morgan fingerprint density at radius 2 is 1.00 bits per heavy atom. The third-order valence-electron chi connectivity index (χ3n) is 17.0. The lowest BCUT2D eigenvalue weighted by atomic mass is 9.99. The van der Waals surface area contributed by atoms with Gasteiger partial charge < -0.3 is 73.1 Å². The van der Waals surface area contributed by atoms with Gasteiger partial charge in [-0.05, 0) is 111 Å². The van der Waals surface area contributed by atoms with Crippen LogP contribution in [-0.4, -0.2) is 159 Å². The van der Waals surface area contributed by atoms with Crippen LogP contribution in [-0.2, 0) is 86.9 Å². The van der Waals surface area contributed by atoms with Gasteiger partial charge in [-0.25, -0.2) is 19.7 Å². The molecule has 0 fully saturated rings. The van der Waals surface area contributed by atoms with E-state index in [1.54, 1.807) is 158 Å². The highest BCUT2D eigenvalue weighted by molar-refractivity contribution is 6.08. The van der Waals surface area contributed by atoms with Gasteiger partial charge in [0.2, 0.25) is 11.6 Å². The number of unbranched alkanes of at least 4 members (excludes halogenated alkanes) is 1. The molecule has 0 saturated carbocycles. The highest BCUT2D eigenvalue weighted by atomic mass is 16.4. The van der Waals surface area contributed by atoms with Crippen LogP contribution in [0.4, 0.5) is 17.2 Å². The van der Waals surface area contributed by atoms with Crippen molar-refractivity contribution in [3.05, 3.63) is 190 Å². The number of amides is 5. The molecule has 5 amide bonds. The van der Waals surface area contributed by atoms with Crippen LogP contribution in [0.15, 0.2) is 110 Å². The fourth-order valence-electron chi connectivity index (χ4n) is 11.7. The van der Waals surface area contributed by atoms with Crippen LogP contribution in [0, 0.1) is 5.92 Å². The van der Waals surface area contributed by atoms with Gasteiger partial charge >= 0.3 is 5.97 Å². The summed E-state index contributed by atoms with van der Waals surface area (Å²) in [4.78, 5) is 159. The largest absolute Gasteiger partial charge is 0.478 e. The molecule has 29 heteroatoms. The Balaban J connectivity index is 0.674. The first-order valence-electron chi connectivity index (χ1n) is 32.1. The van der Waals surface area contributed by atoms with Gasteiger partial charge in [0.05, 0.1) is 46.1 Å². The summed E-state index contributed by atoms with van der Waals surface area (Å²) in [6.07, 6.45) is 17.3. The minimum Gasteiger partial charge on any atom is -0.478 e. The first-order chi connectivity index (χ1) is 47.1. The van der Waals surface area contributed by atoms with Gasteiger partial charge in [0.25, 0.3) is 29.5 Å². The van der Waals surface area contributed by atoms with Crippen LogP contribution in [0.2, 0.25) is 0 Å². The molecule has 8 aromatic heterocycles. The second kappa shape index (κ2) is 31.5. The van der Waals surface area contributed by atoms with Crippen molar-refractivity contribution >= 4 is 81.6 Å². The molecule has 0 spiro atoms. The molecule has 1 atom stereocenters.